The summed E-state index contributed by atoms with van der Waals surface area (Å²) in [5, 5.41) is 13.1. The number of nitrogens with zero attached hydrogens (tertiary/aromatic N) is 3. The van der Waals surface area contributed by atoms with Crippen molar-refractivity contribution in [3.05, 3.63) is 88.7 Å². The molecule has 0 spiro atoms. The van der Waals surface area contributed by atoms with Gasteiger partial charge in [-0.25, -0.2) is 23.1 Å². The molecule has 0 bridgehead atoms. The summed E-state index contributed by atoms with van der Waals surface area (Å²) >= 11 is 0. The van der Waals surface area contributed by atoms with Crippen molar-refractivity contribution in [3.8, 4) is 17.0 Å². The van der Waals surface area contributed by atoms with Crippen LogP contribution in [0.1, 0.15) is 79.2 Å². The number of rotatable bonds is 8. The van der Waals surface area contributed by atoms with Gasteiger partial charge in [0.1, 0.15) is 17.0 Å². The fourth-order valence-electron chi connectivity index (χ4n) is 6.61. The first-order valence-corrected chi connectivity index (χ1v) is 15.9. The molecule has 1 amide bonds. The second-order valence-electron chi connectivity index (χ2n) is 12.9. The summed E-state index contributed by atoms with van der Waals surface area (Å²) in [5.41, 5.74) is 2.63. The van der Waals surface area contributed by atoms with Crippen LogP contribution in [0.5, 0.6) is 5.88 Å². The van der Waals surface area contributed by atoms with Gasteiger partial charge in [-0.2, -0.15) is 0 Å². The number of aromatic hydroxyl groups is 1. The van der Waals surface area contributed by atoms with E-state index in [-0.39, 0.29) is 29.5 Å². The number of aryl methyl sites for hydroxylation is 1. The summed E-state index contributed by atoms with van der Waals surface area (Å²) in [6.07, 6.45) is 6.62. The Morgan fingerprint density at radius 2 is 1.78 bits per heavy atom. The Balaban J connectivity index is 1.26. The molecule has 9 heteroatoms. The van der Waals surface area contributed by atoms with E-state index in [9.17, 15) is 14.3 Å². The minimum Gasteiger partial charge on any atom is -0.491 e. The van der Waals surface area contributed by atoms with E-state index in [0.717, 1.165) is 49.3 Å². The maximum absolute atomic E-state index is 15.5. The minimum atomic E-state index is -1.33. The molecule has 0 unspecified atom stereocenters. The number of fused-ring (bicyclic) bond motifs is 2. The molecule has 1 aliphatic heterocycles. The van der Waals surface area contributed by atoms with Crippen LogP contribution >= 0.6 is 0 Å². The number of hydrogen-bond donors (Lipinski definition) is 2. The maximum atomic E-state index is 15.5. The first-order chi connectivity index (χ1) is 21.6. The number of aromatic nitrogens is 2. The van der Waals surface area contributed by atoms with Gasteiger partial charge in [0.25, 0.3) is 5.91 Å². The molecule has 1 fully saturated rings. The first kappa shape index (κ1) is 31.0. The highest BCUT2D eigenvalue weighted by Crippen LogP contribution is 2.38. The van der Waals surface area contributed by atoms with Gasteiger partial charge >= 0.3 is 0 Å². The van der Waals surface area contributed by atoms with Crippen LogP contribution in [-0.4, -0.2) is 51.2 Å². The number of pyridine rings is 2. The molecular weight excluding hydrogens is 577 g/mol. The smallest absolute Gasteiger partial charge is 0.251 e. The standard InChI is InChI=1S/C36H39F3N4O2/c1-22(2)36(39)12-10-31-27(20-36)17-25-16-26(18-29(37)33(25)41-31)34(44)42-32(11-15-43-13-4-3-5-14-43)24-8-6-23(7-9-24)28-19-30(38)35(45)40-21-28/h6-9,16-19,21-22,32H,3-5,10-15,20H2,1-2H3,(H,40,45)(H,42,44)/t32-,36+/m1/s1. The van der Waals surface area contributed by atoms with Crippen molar-refractivity contribution in [2.24, 2.45) is 5.92 Å². The molecule has 236 valence electrons. The highest BCUT2D eigenvalue weighted by atomic mass is 19.1. The molecule has 6 rings (SSSR count). The van der Waals surface area contributed by atoms with E-state index in [1.807, 2.05) is 38.1 Å². The number of halogens is 3. The molecule has 1 saturated heterocycles. The predicted octanol–water partition coefficient (Wildman–Crippen LogP) is 7.48. The molecule has 45 heavy (non-hydrogen) atoms. The Morgan fingerprint density at radius 1 is 1.02 bits per heavy atom. The normalized spacial score (nSPS) is 19.4. The lowest BCUT2D eigenvalue weighted by Crippen LogP contribution is -2.36. The highest BCUT2D eigenvalue weighted by molar-refractivity contribution is 5.98. The van der Waals surface area contributed by atoms with Gasteiger partial charge in [-0.05, 0) is 92.1 Å². The average Bonchev–Trinajstić information content (AvgIpc) is 3.04. The second kappa shape index (κ2) is 12.8. The molecule has 2 aromatic carbocycles. The molecule has 3 heterocycles. The fraction of sp³-hybridized carbons (Fsp3) is 0.417. The summed E-state index contributed by atoms with van der Waals surface area (Å²) in [7, 11) is 0. The third-order valence-electron chi connectivity index (χ3n) is 9.55. The summed E-state index contributed by atoms with van der Waals surface area (Å²) in [4.78, 5) is 24.3. The Hall–Kier alpha value is -3.98. The van der Waals surface area contributed by atoms with E-state index in [1.54, 1.807) is 12.1 Å². The minimum absolute atomic E-state index is 0.148. The number of likely N-dealkylation sites (tertiary alicyclic amines) is 1. The Labute approximate surface area is 261 Å². The van der Waals surface area contributed by atoms with Crippen LogP contribution < -0.4 is 5.32 Å². The monoisotopic (exact) mass is 616 g/mol. The molecule has 6 nitrogen and oxygen atoms in total. The van der Waals surface area contributed by atoms with Crippen LogP contribution in [0.2, 0.25) is 0 Å². The van der Waals surface area contributed by atoms with Crippen molar-refractivity contribution in [2.45, 2.75) is 70.5 Å². The van der Waals surface area contributed by atoms with Crippen molar-refractivity contribution < 1.29 is 23.1 Å². The number of piperidine rings is 1. The van der Waals surface area contributed by atoms with Crippen molar-refractivity contribution in [1.82, 2.24) is 20.2 Å². The lowest BCUT2D eigenvalue weighted by molar-refractivity contribution is 0.0821. The summed E-state index contributed by atoms with van der Waals surface area (Å²) in [5.74, 6) is -2.59. The van der Waals surface area contributed by atoms with E-state index in [4.69, 9.17) is 0 Å². The molecule has 2 N–H and O–H groups in total. The molecule has 2 aliphatic rings. The van der Waals surface area contributed by atoms with E-state index >= 15 is 8.78 Å². The zero-order valence-corrected chi connectivity index (χ0v) is 25.8. The largest absolute Gasteiger partial charge is 0.491 e. The topological polar surface area (TPSA) is 78.4 Å². The van der Waals surface area contributed by atoms with E-state index in [2.05, 4.69) is 20.2 Å². The van der Waals surface area contributed by atoms with Gasteiger partial charge < -0.3 is 15.3 Å². The van der Waals surface area contributed by atoms with Crippen molar-refractivity contribution in [2.75, 3.05) is 19.6 Å². The number of carbonyl (C=O) groups is 1. The van der Waals surface area contributed by atoms with Gasteiger partial charge in [-0.15, -0.1) is 0 Å². The third-order valence-corrected chi connectivity index (χ3v) is 9.55. The lowest BCUT2D eigenvalue weighted by atomic mass is 9.77. The molecule has 0 radical (unpaired) electrons. The average molecular weight is 617 g/mol. The molecular formula is C36H39F3N4O2. The van der Waals surface area contributed by atoms with Gasteiger partial charge in [0.15, 0.2) is 5.82 Å². The summed E-state index contributed by atoms with van der Waals surface area (Å²) in [6.45, 7) is 6.58. The highest BCUT2D eigenvalue weighted by Gasteiger charge is 2.38. The van der Waals surface area contributed by atoms with Crippen molar-refractivity contribution >= 4 is 16.8 Å². The Bertz CT molecular complexity index is 1710. The van der Waals surface area contributed by atoms with Crippen LogP contribution in [0.15, 0.2) is 54.7 Å². The van der Waals surface area contributed by atoms with Gasteiger partial charge in [-0.3, -0.25) is 4.79 Å². The van der Waals surface area contributed by atoms with Gasteiger partial charge in [0.2, 0.25) is 5.88 Å². The maximum Gasteiger partial charge on any atom is 0.251 e. The van der Waals surface area contributed by atoms with E-state index in [1.165, 1.54) is 24.8 Å². The lowest BCUT2D eigenvalue weighted by Gasteiger charge is -2.34. The van der Waals surface area contributed by atoms with Gasteiger partial charge in [0, 0.05) is 41.4 Å². The third kappa shape index (κ3) is 6.69. The number of benzene rings is 2. The van der Waals surface area contributed by atoms with Crippen molar-refractivity contribution in [3.63, 3.8) is 0 Å². The Morgan fingerprint density at radius 3 is 2.49 bits per heavy atom. The fourth-order valence-corrected chi connectivity index (χ4v) is 6.61. The number of nitrogens with one attached hydrogen (secondary N) is 1. The van der Waals surface area contributed by atoms with Gasteiger partial charge in [-0.1, -0.05) is 44.5 Å². The molecule has 2 aromatic heterocycles. The number of amides is 1. The predicted molar refractivity (Wildman–Crippen MR) is 169 cm³/mol. The second-order valence-corrected chi connectivity index (χ2v) is 12.9. The first-order valence-electron chi connectivity index (χ1n) is 15.9. The number of alkyl halides is 1. The van der Waals surface area contributed by atoms with E-state index in [0.29, 0.717) is 35.8 Å². The van der Waals surface area contributed by atoms with Crippen LogP contribution in [0.4, 0.5) is 13.2 Å². The molecule has 0 saturated carbocycles. The van der Waals surface area contributed by atoms with Crippen LogP contribution in [0.25, 0.3) is 22.0 Å². The van der Waals surface area contributed by atoms with E-state index < -0.39 is 29.1 Å². The van der Waals surface area contributed by atoms with Crippen molar-refractivity contribution in [1.29, 1.82) is 0 Å². The molecule has 4 aromatic rings. The number of carbonyl (C=O) groups excluding carboxylic acids is 1. The SMILES string of the molecule is CC(C)[C@]1(F)CCc2nc3c(F)cc(C(=O)N[C@H](CCN4CCCCC4)c4ccc(-c5cnc(O)c(F)c5)cc4)cc3cc2C1. The summed E-state index contributed by atoms with van der Waals surface area (Å²) in [6, 6.07) is 13.0. The van der Waals surface area contributed by atoms with Gasteiger partial charge in [0.05, 0.1) is 6.04 Å². The quantitative estimate of drug-likeness (QED) is 0.215. The van der Waals surface area contributed by atoms with Crippen LogP contribution in [0, 0.1) is 17.6 Å². The molecule has 2 atom stereocenters. The molecule has 1 aliphatic carbocycles. The van der Waals surface area contributed by atoms with Crippen LogP contribution in [-0.2, 0) is 12.8 Å². The van der Waals surface area contributed by atoms with Crippen LogP contribution in [0.3, 0.4) is 0 Å². The zero-order chi connectivity index (χ0) is 31.7. The Kier molecular flexibility index (Phi) is 8.82. The summed E-state index contributed by atoms with van der Waals surface area (Å²) < 4.78 is 44.8. The zero-order valence-electron chi connectivity index (χ0n) is 25.8. The number of hydrogen-bond acceptors (Lipinski definition) is 5.